The molecular formula is C9H11ClN2O3. The van der Waals surface area contributed by atoms with Crippen LogP contribution in [0.25, 0.3) is 0 Å². The Morgan fingerprint density at radius 2 is 2.13 bits per heavy atom. The Balaban J connectivity index is 2.54. The van der Waals surface area contributed by atoms with Gasteiger partial charge < -0.3 is 9.47 Å². The highest BCUT2D eigenvalue weighted by Crippen LogP contribution is 2.09. The molecule has 0 aliphatic heterocycles. The minimum absolute atomic E-state index is 0.0972. The van der Waals surface area contributed by atoms with Gasteiger partial charge in [0, 0.05) is 0 Å². The van der Waals surface area contributed by atoms with Gasteiger partial charge in [0.25, 0.3) is 0 Å². The fourth-order valence-electron chi connectivity index (χ4n) is 0.827. The third-order valence-corrected chi connectivity index (χ3v) is 1.69. The first-order valence-electron chi connectivity index (χ1n) is 4.44. The Labute approximate surface area is 92.4 Å². The van der Waals surface area contributed by atoms with Crippen LogP contribution >= 0.6 is 11.6 Å². The topological polar surface area (TPSA) is 61.3 Å². The molecule has 5 nitrogen and oxygen atoms in total. The van der Waals surface area contributed by atoms with Gasteiger partial charge in [0.1, 0.15) is 0 Å². The van der Waals surface area contributed by atoms with E-state index in [1.165, 1.54) is 12.4 Å². The second-order valence-electron chi connectivity index (χ2n) is 2.70. The van der Waals surface area contributed by atoms with E-state index < -0.39 is 12.1 Å². The smallest absolute Gasteiger partial charge is 0.347 e. The lowest BCUT2D eigenvalue weighted by Gasteiger charge is -2.11. The average molecular weight is 231 g/mol. The molecule has 82 valence electrons. The van der Waals surface area contributed by atoms with Crippen molar-refractivity contribution in [3.8, 4) is 6.01 Å². The largest absolute Gasteiger partial charge is 0.463 e. The van der Waals surface area contributed by atoms with Crippen molar-refractivity contribution in [2.24, 2.45) is 0 Å². The highest BCUT2D eigenvalue weighted by Gasteiger charge is 2.16. The van der Waals surface area contributed by atoms with Crippen LogP contribution in [0.5, 0.6) is 6.01 Å². The van der Waals surface area contributed by atoms with E-state index in [1.54, 1.807) is 13.8 Å². The van der Waals surface area contributed by atoms with E-state index in [-0.39, 0.29) is 6.01 Å². The first kappa shape index (κ1) is 11.7. The van der Waals surface area contributed by atoms with E-state index in [9.17, 15) is 4.79 Å². The summed E-state index contributed by atoms with van der Waals surface area (Å²) in [5.41, 5.74) is 0. The van der Waals surface area contributed by atoms with Crippen molar-refractivity contribution >= 4 is 17.6 Å². The third kappa shape index (κ3) is 3.71. The van der Waals surface area contributed by atoms with Gasteiger partial charge in [-0.05, 0) is 13.8 Å². The second-order valence-corrected chi connectivity index (χ2v) is 3.13. The lowest BCUT2D eigenvalue weighted by atomic mass is 10.4. The molecule has 0 radical (unpaired) electrons. The van der Waals surface area contributed by atoms with Crippen LogP contribution in [0.1, 0.15) is 13.8 Å². The standard InChI is InChI=1S/C9H11ClN2O3/c1-3-14-8(13)6(2)15-9-11-4-7(10)5-12-9/h4-6H,3H2,1-2H3. The molecule has 0 saturated heterocycles. The van der Waals surface area contributed by atoms with Crippen LogP contribution in [-0.4, -0.2) is 28.6 Å². The van der Waals surface area contributed by atoms with Gasteiger partial charge in [-0.3, -0.25) is 0 Å². The van der Waals surface area contributed by atoms with Crippen molar-refractivity contribution in [2.75, 3.05) is 6.61 Å². The zero-order valence-corrected chi connectivity index (χ0v) is 9.19. The molecule has 1 rings (SSSR count). The average Bonchev–Trinajstić information content (AvgIpc) is 2.22. The summed E-state index contributed by atoms with van der Waals surface area (Å²) in [5, 5.41) is 0.408. The predicted octanol–water partition coefficient (Wildman–Crippen LogP) is 1.46. The summed E-state index contributed by atoms with van der Waals surface area (Å²) < 4.78 is 9.88. The second kappa shape index (κ2) is 5.50. The van der Waals surface area contributed by atoms with Crippen molar-refractivity contribution in [1.29, 1.82) is 0 Å². The van der Waals surface area contributed by atoms with E-state index in [0.29, 0.717) is 11.6 Å². The van der Waals surface area contributed by atoms with E-state index >= 15 is 0 Å². The Kier molecular flexibility index (Phi) is 4.30. The lowest BCUT2D eigenvalue weighted by molar-refractivity contribution is -0.150. The maximum Gasteiger partial charge on any atom is 0.347 e. The molecule has 0 aliphatic carbocycles. The summed E-state index contributed by atoms with van der Waals surface area (Å²) >= 11 is 5.59. The first-order chi connectivity index (χ1) is 7.13. The summed E-state index contributed by atoms with van der Waals surface area (Å²) in [6.45, 7) is 3.60. The monoisotopic (exact) mass is 230 g/mol. The molecule has 0 saturated carbocycles. The van der Waals surface area contributed by atoms with Crippen LogP contribution in [0.4, 0.5) is 0 Å². The van der Waals surface area contributed by atoms with Crippen molar-refractivity contribution in [3.63, 3.8) is 0 Å². The zero-order valence-electron chi connectivity index (χ0n) is 8.44. The summed E-state index contributed by atoms with van der Waals surface area (Å²) in [5.74, 6) is -0.448. The molecule has 0 bridgehead atoms. The molecule has 1 atom stereocenters. The van der Waals surface area contributed by atoms with Gasteiger partial charge in [0.15, 0.2) is 6.10 Å². The third-order valence-electron chi connectivity index (χ3n) is 1.50. The van der Waals surface area contributed by atoms with E-state index in [0.717, 1.165) is 0 Å². The number of rotatable bonds is 4. The molecule has 6 heteroatoms. The fourth-order valence-corrected chi connectivity index (χ4v) is 0.925. The molecule has 0 amide bonds. The van der Waals surface area contributed by atoms with Crippen molar-refractivity contribution in [3.05, 3.63) is 17.4 Å². The molecule has 0 spiro atoms. The Morgan fingerprint density at radius 3 is 2.67 bits per heavy atom. The van der Waals surface area contributed by atoms with Gasteiger partial charge in [-0.15, -0.1) is 0 Å². The quantitative estimate of drug-likeness (QED) is 0.733. The molecule has 1 aromatic heterocycles. The Hall–Kier alpha value is -1.36. The summed E-state index contributed by atoms with van der Waals surface area (Å²) in [6.07, 6.45) is 2.05. The predicted molar refractivity (Wildman–Crippen MR) is 53.8 cm³/mol. The fraction of sp³-hybridized carbons (Fsp3) is 0.444. The number of aromatic nitrogens is 2. The highest BCUT2D eigenvalue weighted by molar-refractivity contribution is 6.30. The molecule has 0 aromatic carbocycles. The maximum atomic E-state index is 11.2. The number of hydrogen-bond donors (Lipinski definition) is 0. The summed E-state index contributed by atoms with van der Waals surface area (Å²) in [7, 11) is 0. The minimum atomic E-state index is -0.730. The molecule has 0 fully saturated rings. The van der Waals surface area contributed by atoms with Crippen LogP contribution < -0.4 is 4.74 Å². The van der Waals surface area contributed by atoms with Gasteiger partial charge in [-0.25, -0.2) is 14.8 Å². The number of ether oxygens (including phenoxy) is 2. The number of nitrogens with zero attached hydrogens (tertiary/aromatic N) is 2. The molecule has 0 aliphatic rings. The number of carbonyl (C=O) groups excluding carboxylic acids is 1. The van der Waals surface area contributed by atoms with Gasteiger partial charge in [0.2, 0.25) is 0 Å². The van der Waals surface area contributed by atoms with Crippen LogP contribution in [0.3, 0.4) is 0 Å². The number of halogens is 1. The molecule has 1 aromatic rings. The molecule has 1 unspecified atom stereocenters. The Morgan fingerprint density at radius 1 is 1.53 bits per heavy atom. The number of carbonyl (C=O) groups is 1. The summed E-state index contributed by atoms with van der Waals surface area (Å²) in [4.78, 5) is 18.8. The van der Waals surface area contributed by atoms with Gasteiger partial charge >= 0.3 is 12.0 Å². The maximum absolute atomic E-state index is 11.2. The zero-order chi connectivity index (χ0) is 11.3. The number of esters is 1. The van der Waals surface area contributed by atoms with Crippen LogP contribution in [-0.2, 0) is 9.53 Å². The summed E-state index contributed by atoms with van der Waals surface area (Å²) in [6, 6.07) is 0.0972. The van der Waals surface area contributed by atoms with Crippen molar-refractivity contribution in [1.82, 2.24) is 9.97 Å². The first-order valence-corrected chi connectivity index (χ1v) is 4.82. The molecule has 1 heterocycles. The lowest BCUT2D eigenvalue weighted by Crippen LogP contribution is -2.26. The highest BCUT2D eigenvalue weighted by atomic mass is 35.5. The normalized spacial score (nSPS) is 11.9. The number of hydrogen-bond acceptors (Lipinski definition) is 5. The SMILES string of the molecule is CCOC(=O)C(C)Oc1ncc(Cl)cn1. The van der Waals surface area contributed by atoms with E-state index in [1.807, 2.05) is 0 Å². The molecular weight excluding hydrogens is 220 g/mol. The van der Waals surface area contributed by atoms with Crippen LogP contribution in [0.15, 0.2) is 12.4 Å². The van der Waals surface area contributed by atoms with Gasteiger partial charge in [-0.1, -0.05) is 11.6 Å². The van der Waals surface area contributed by atoms with Crippen LogP contribution in [0, 0.1) is 0 Å². The molecule has 0 N–H and O–H groups in total. The van der Waals surface area contributed by atoms with Gasteiger partial charge in [0.05, 0.1) is 24.0 Å². The van der Waals surface area contributed by atoms with E-state index in [2.05, 4.69) is 9.97 Å². The Bertz CT molecular complexity index is 329. The van der Waals surface area contributed by atoms with Crippen molar-refractivity contribution in [2.45, 2.75) is 20.0 Å². The van der Waals surface area contributed by atoms with Gasteiger partial charge in [-0.2, -0.15) is 0 Å². The molecule has 15 heavy (non-hydrogen) atoms. The van der Waals surface area contributed by atoms with Crippen LogP contribution in [0.2, 0.25) is 5.02 Å². The minimum Gasteiger partial charge on any atom is -0.463 e. The van der Waals surface area contributed by atoms with Crippen molar-refractivity contribution < 1.29 is 14.3 Å². The van der Waals surface area contributed by atoms with E-state index in [4.69, 9.17) is 21.1 Å².